The number of ether oxygens (including phenoxy) is 2. The first-order valence-electron chi connectivity index (χ1n) is 8.54. The van der Waals surface area contributed by atoms with Crippen molar-refractivity contribution < 1.29 is 14.3 Å². The Labute approximate surface area is 141 Å². The van der Waals surface area contributed by atoms with E-state index in [9.17, 15) is 4.79 Å². The fourth-order valence-corrected chi connectivity index (χ4v) is 3.83. The van der Waals surface area contributed by atoms with Gasteiger partial charge in [0.25, 0.3) is 0 Å². The zero-order valence-electron chi connectivity index (χ0n) is 14.0. The average molecular weight is 329 g/mol. The van der Waals surface area contributed by atoms with E-state index >= 15 is 0 Å². The summed E-state index contributed by atoms with van der Waals surface area (Å²) >= 11 is 0. The summed E-state index contributed by atoms with van der Waals surface area (Å²) in [7, 11) is 1.39. The van der Waals surface area contributed by atoms with Gasteiger partial charge in [0.15, 0.2) is 5.65 Å². The molecule has 6 nitrogen and oxygen atoms in total. The predicted octanol–water partition coefficient (Wildman–Crippen LogP) is 2.12. The molecule has 1 saturated carbocycles. The molecule has 2 aromatic heterocycles. The van der Waals surface area contributed by atoms with Gasteiger partial charge >= 0.3 is 5.97 Å². The maximum atomic E-state index is 11.9. The van der Waals surface area contributed by atoms with Crippen molar-refractivity contribution in [3.05, 3.63) is 35.8 Å². The average Bonchev–Trinajstić information content (AvgIpc) is 2.83. The Bertz CT molecular complexity index is 751. The monoisotopic (exact) mass is 329 g/mol. The Kier molecular flexibility index (Phi) is 4.02. The van der Waals surface area contributed by atoms with Crippen LogP contribution in [0.2, 0.25) is 0 Å². The number of pyridine rings is 1. The van der Waals surface area contributed by atoms with Gasteiger partial charge in [0, 0.05) is 37.4 Å². The zero-order valence-corrected chi connectivity index (χ0v) is 14.0. The number of nitrogens with zero attached hydrogens (tertiary/aromatic N) is 3. The van der Waals surface area contributed by atoms with Crippen LogP contribution < -0.4 is 0 Å². The smallest absolute Gasteiger partial charge is 0.341 e. The van der Waals surface area contributed by atoms with E-state index in [-0.39, 0.29) is 5.97 Å². The van der Waals surface area contributed by atoms with Gasteiger partial charge in [-0.15, -0.1) is 0 Å². The summed E-state index contributed by atoms with van der Waals surface area (Å²) in [6.07, 6.45) is 7.76. The van der Waals surface area contributed by atoms with Crippen LogP contribution in [0.3, 0.4) is 0 Å². The van der Waals surface area contributed by atoms with Crippen molar-refractivity contribution in [2.45, 2.75) is 25.8 Å². The van der Waals surface area contributed by atoms with E-state index in [2.05, 4.69) is 9.88 Å². The van der Waals surface area contributed by atoms with Crippen LogP contribution in [0.1, 0.15) is 35.3 Å². The summed E-state index contributed by atoms with van der Waals surface area (Å²) in [4.78, 5) is 19.0. The van der Waals surface area contributed by atoms with E-state index in [1.807, 2.05) is 22.9 Å². The summed E-state index contributed by atoms with van der Waals surface area (Å²) in [5.74, 6) is -0.352. The van der Waals surface area contributed by atoms with Crippen molar-refractivity contribution in [2.24, 2.45) is 5.41 Å². The molecular formula is C18H23N3O3. The Hall–Kier alpha value is -1.92. The lowest BCUT2D eigenvalue weighted by Gasteiger charge is -2.42. The van der Waals surface area contributed by atoms with Crippen molar-refractivity contribution >= 4 is 11.6 Å². The van der Waals surface area contributed by atoms with Gasteiger partial charge in [0.05, 0.1) is 26.0 Å². The van der Waals surface area contributed by atoms with Crippen LogP contribution in [-0.2, 0) is 16.0 Å². The molecule has 0 N–H and O–H groups in total. The number of aromatic nitrogens is 2. The van der Waals surface area contributed by atoms with Crippen molar-refractivity contribution in [1.82, 2.24) is 14.3 Å². The van der Waals surface area contributed by atoms with Gasteiger partial charge in [-0.05, 0) is 25.0 Å². The molecule has 0 bridgehead atoms. The molecule has 0 radical (unpaired) electrons. The van der Waals surface area contributed by atoms with Crippen LogP contribution in [0, 0.1) is 5.41 Å². The van der Waals surface area contributed by atoms with Gasteiger partial charge in [0.2, 0.25) is 0 Å². The van der Waals surface area contributed by atoms with Gasteiger partial charge in [-0.2, -0.15) is 0 Å². The third-order valence-electron chi connectivity index (χ3n) is 5.26. The largest absolute Gasteiger partial charge is 0.465 e. The minimum absolute atomic E-state index is 0.352. The van der Waals surface area contributed by atoms with Gasteiger partial charge in [0.1, 0.15) is 5.56 Å². The van der Waals surface area contributed by atoms with E-state index in [4.69, 9.17) is 9.47 Å². The van der Waals surface area contributed by atoms with E-state index in [0.717, 1.165) is 38.5 Å². The molecule has 24 heavy (non-hydrogen) atoms. The highest BCUT2D eigenvalue weighted by molar-refractivity contribution is 5.95. The summed E-state index contributed by atoms with van der Waals surface area (Å²) in [6.45, 7) is 4.46. The third-order valence-corrected chi connectivity index (χ3v) is 5.26. The number of rotatable bonds is 3. The topological polar surface area (TPSA) is 56.1 Å². The second kappa shape index (κ2) is 6.18. The van der Waals surface area contributed by atoms with Gasteiger partial charge in [-0.3, -0.25) is 4.90 Å². The molecule has 1 spiro atoms. The minimum Gasteiger partial charge on any atom is -0.465 e. The second-order valence-electron chi connectivity index (χ2n) is 6.99. The van der Waals surface area contributed by atoms with Crippen molar-refractivity contribution in [3.63, 3.8) is 0 Å². The molecule has 2 fully saturated rings. The van der Waals surface area contributed by atoms with E-state index in [0.29, 0.717) is 16.6 Å². The predicted molar refractivity (Wildman–Crippen MR) is 88.9 cm³/mol. The van der Waals surface area contributed by atoms with Crippen LogP contribution in [0.5, 0.6) is 0 Å². The Morgan fingerprint density at radius 1 is 1.46 bits per heavy atom. The Morgan fingerprint density at radius 3 is 3.08 bits per heavy atom. The molecule has 3 heterocycles. The Morgan fingerprint density at radius 2 is 2.33 bits per heavy atom. The molecule has 4 rings (SSSR count). The van der Waals surface area contributed by atoms with Gasteiger partial charge < -0.3 is 13.9 Å². The fourth-order valence-electron chi connectivity index (χ4n) is 3.83. The van der Waals surface area contributed by atoms with E-state index in [1.165, 1.54) is 26.4 Å². The molecule has 0 unspecified atom stereocenters. The van der Waals surface area contributed by atoms with Gasteiger partial charge in [-0.1, -0.05) is 6.42 Å². The normalized spacial score (nSPS) is 20.7. The zero-order chi connectivity index (χ0) is 16.6. The van der Waals surface area contributed by atoms with E-state index < -0.39 is 0 Å². The molecule has 128 valence electrons. The highest BCUT2D eigenvalue weighted by atomic mass is 16.5. The molecule has 1 aliphatic heterocycles. The summed E-state index contributed by atoms with van der Waals surface area (Å²) in [5, 5.41) is 0. The molecule has 2 aliphatic rings. The number of hydrogen-bond donors (Lipinski definition) is 0. The minimum atomic E-state index is -0.352. The summed E-state index contributed by atoms with van der Waals surface area (Å²) < 4.78 is 12.6. The Balaban J connectivity index is 1.57. The van der Waals surface area contributed by atoms with Crippen LogP contribution in [0.15, 0.2) is 24.5 Å². The standard InChI is InChI=1S/C18H23N3O3/c1-23-17(22)15-4-2-7-21-11-14(19-16(15)21)10-20-8-9-24-13-18(12-20)5-3-6-18/h2,4,7,11H,3,5-6,8-10,12-13H2,1H3. The number of hydrogen-bond acceptors (Lipinski definition) is 5. The number of methoxy groups -OCH3 is 1. The quantitative estimate of drug-likeness (QED) is 0.808. The first-order valence-corrected chi connectivity index (χ1v) is 8.54. The third kappa shape index (κ3) is 2.80. The molecule has 1 saturated heterocycles. The summed E-state index contributed by atoms with van der Waals surface area (Å²) in [5.41, 5.74) is 2.49. The highest BCUT2D eigenvalue weighted by Gasteiger charge is 2.40. The van der Waals surface area contributed by atoms with Crippen molar-refractivity contribution in [1.29, 1.82) is 0 Å². The van der Waals surface area contributed by atoms with Crippen LogP contribution in [0.4, 0.5) is 0 Å². The number of carbonyl (C=O) groups is 1. The van der Waals surface area contributed by atoms with Gasteiger partial charge in [-0.25, -0.2) is 9.78 Å². The molecule has 0 aromatic carbocycles. The molecule has 0 atom stereocenters. The van der Waals surface area contributed by atoms with Crippen LogP contribution in [0.25, 0.3) is 5.65 Å². The molecule has 2 aromatic rings. The maximum absolute atomic E-state index is 11.9. The number of fused-ring (bicyclic) bond motifs is 1. The highest BCUT2D eigenvalue weighted by Crippen LogP contribution is 2.42. The lowest BCUT2D eigenvalue weighted by molar-refractivity contribution is 0.00947. The lowest BCUT2D eigenvalue weighted by Crippen LogP contribution is -2.43. The molecule has 1 aliphatic carbocycles. The SMILES string of the molecule is COC(=O)c1cccn2cc(CN3CCOCC4(CCC4)C3)nc12. The number of esters is 1. The van der Waals surface area contributed by atoms with Crippen LogP contribution in [-0.4, -0.2) is 53.7 Å². The van der Waals surface area contributed by atoms with Crippen LogP contribution >= 0.6 is 0 Å². The molecule has 0 amide bonds. The number of carbonyl (C=O) groups excluding carboxylic acids is 1. The first kappa shape index (κ1) is 15.6. The fraction of sp³-hybridized carbons (Fsp3) is 0.556. The molecule has 6 heteroatoms. The lowest BCUT2D eigenvalue weighted by atomic mass is 9.69. The number of imidazole rings is 1. The van der Waals surface area contributed by atoms with Crippen molar-refractivity contribution in [3.8, 4) is 0 Å². The van der Waals surface area contributed by atoms with E-state index in [1.54, 1.807) is 6.07 Å². The van der Waals surface area contributed by atoms with Crippen molar-refractivity contribution in [2.75, 3.05) is 33.4 Å². The maximum Gasteiger partial charge on any atom is 0.341 e. The first-order chi connectivity index (χ1) is 11.7. The second-order valence-corrected chi connectivity index (χ2v) is 6.99. The summed E-state index contributed by atoms with van der Waals surface area (Å²) in [6, 6.07) is 3.59. The molecular weight excluding hydrogens is 306 g/mol.